The van der Waals surface area contributed by atoms with Crippen molar-refractivity contribution in [3.8, 4) is 0 Å². The van der Waals surface area contributed by atoms with Crippen molar-refractivity contribution >= 4 is 51.9 Å². The van der Waals surface area contributed by atoms with Gasteiger partial charge in [-0.3, -0.25) is 10.1 Å². The van der Waals surface area contributed by atoms with Crippen molar-refractivity contribution in [2.45, 2.75) is 6.61 Å². The van der Waals surface area contributed by atoms with E-state index in [1.165, 1.54) is 24.3 Å². The molecule has 0 fully saturated rings. The molecule has 0 unspecified atom stereocenters. The number of nitro benzene ring substituents is 1. The van der Waals surface area contributed by atoms with Gasteiger partial charge in [0.05, 0.1) is 27.6 Å². The topological polar surface area (TPSA) is 136 Å². The summed E-state index contributed by atoms with van der Waals surface area (Å²) in [6, 6.07) is 7.29. The van der Waals surface area contributed by atoms with Crippen molar-refractivity contribution < 1.29 is 28.7 Å². The third-order valence-corrected chi connectivity index (χ3v) is 4.72. The third kappa shape index (κ3) is 4.09. The highest BCUT2D eigenvalue weighted by Gasteiger charge is 2.28. The number of carbonyl (C=O) groups is 2. The monoisotopic (exact) mass is 451 g/mol. The Morgan fingerprint density at radius 3 is 2.37 bits per heavy atom. The van der Waals surface area contributed by atoms with Crippen LogP contribution < -0.4 is 4.73 Å². The molecule has 10 nitrogen and oxygen atoms in total. The lowest BCUT2D eigenvalue weighted by atomic mass is 10.2. The van der Waals surface area contributed by atoms with Crippen LogP contribution in [0.4, 0.5) is 5.69 Å². The molecular formula is C18H11Cl2N3O7. The van der Waals surface area contributed by atoms with Crippen molar-refractivity contribution in [1.29, 1.82) is 0 Å². The Balaban J connectivity index is 1.95. The number of hydrogen-bond donors (Lipinski definition) is 0. The molecule has 0 saturated heterocycles. The number of fused-ring (bicyclic) bond motifs is 1. The smallest absolute Gasteiger partial charge is 0.406 e. The van der Waals surface area contributed by atoms with E-state index in [0.717, 1.165) is 19.2 Å². The van der Waals surface area contributed by atoms with Gasteiger partial charge in [0.15, 0.2) is 5.69 Å². The van der Waals surface area contributed by atoms with Gasteiger partial charge in [-0.05, 0) is 18.2 Å². The lowest BCUT2D eigenvalue weighted by Crippen LogP contribution is -2.38. The van der Waals surface area contributed by atoms with Crippen molar-refractivity contribution in [3.05, 3.63) is 78.7 Å². The van der Waals surface area contributed by atoms with Crippen LogP contribution in [-0.2, 0) is 16.1 Å². The van der Waals surface area contributed by atoms with Crippen LogP contribution >= 0.6 is 23.2 Å². The molecule has 154 valence electrons. The molecule has 0 aliphatic rings. The maximum atomic E-state index is 12.7. The van der Waals surface area contributed by atoms with Gasteiger partial charge >= 0.3 is 17.6 Å². The van der Waals surface area contributed by atoms with Crippen molar-refractivity contribution in [1.82, 2.24) is 4.98 Å². The number of benzene rings is 2. The molecule has 0 saturated carbocycles. The highest BCUT2D eigenvalue weighted by molar-refractivity contribution is 6.42. The Bertz CT molecular complexity index is 1180. The quantitative estimate of drug-likeness (QED) is 0.189. The molecule has 2 aromatic carbocycles. The second kappa shape index (κ2) is 8.47. The van der Waals surface area contributed by atoms with Crippen LogP contribution in [0.2, 0.25) is 10.0 Å². The van der Waals surface area contributed by atoms with Gasteiger partial charge in [-0.25, -0.2) is 14.6 Å². The molecule has 0 aliphatic heterocycles. The largest absolute Gasteiger partial charge is 0.618 e. The Morgan fingerprint density at radius 2 is 1.77 bits per heavy atom. The average molecular weight is 452 g/mol. The SMILES string of the molecule is COC(=O)c1c(COC(=O)c2ccc([N+](=O)[O-])cc2)nc2cc(Cl)c(Cl)cc2[n+]1[O-]. The summed E-state index contributed by atoms with van der Waals surface area (Å²) >= 11 is 11.9. The van der Waals surface area contributed by atoms with Crippen LogP contribution in [0, 0.1) is 15.3 Å². The molecule has 0 N–H and O–H groups in total. The van der Waals surface area contributed by atoms with Gasteiger partial charge in [-0.15, -0.1) is 0 Å². The number of esters is 2. The lowest BCUT2D eigenvalue weighted by Gasteiger charge is -2.11. The Labute approximate surface area is 178 Å². The Kier molecular flexibility index (Phi) is 5.99. The first-order chi connectivity index (χ1) is 14.2. The molecule has 12 heteroatoms. The van der Waals surface area contributed by atoms with Gasteiger partial charge in [0.2, 0.25) is 5.52 Å². The zero-order valence-electron chi connectivity index (χ0n) is 15.1. The molecule has 0 spiro atoms. The molecular weight excluding hydrogens is 441 g/mol. The normalized spacial score (nSPS) is 10.6. The first kappa shape index (κ1) is 21.2. The van der Waals surface area contributed by atoms with Gasteiger partial charge in [0.1, 0.15) is 12.1 Å². The number of nitro groups is 1. The fourth-order valence-corrected chi connectivity index (χ4v) is 2.86. The van der Waals surface area contributed by atoms with Crippen LogP contribution in [-0.4, -0.2) is 29.0 Å². The zero-order valence-corrected chi connectivity index (χ0v) is 16.6. The fourth-order valence-electron chi connectivity index (χ4n) is 2.55. The van der Waals surface area contributed by atoms with E-state index in [4.69, 9.17) is 27.9 Å². The van der Waals surface area contributed by atoms with E-state index in [-0.39, 0.29) is 42.8 Å². The maximum absolute atomic E-state index is 12.7. The number of carbonyl (C=O) groups excluding carboxylic acids is 2. The fraction of sp³-hybridized carbons (Fsp3) is 0.111. The van der Waals surface area contributed by atoms with E-state index in [2.05, 4.69) is 9.72 Å². The van der Waals surface area contributed by atoms with E-state index >= 15 is 0 Å². The van der Waals surface area contributed by atoms with Crippen LogP contribution in [0.25, 0.3) is 11.0 Å². The second-order valence-electron chi connectivity index (χ2n) is 5.83. The molecule has 1 heterocycles. The van der Waals surface area contributed by atoms with Gasteiger partial charge in [-0.2, -0.15) is 4.73 Å². The molecule has 0 bridgehead atoms. The number of methoxy groups -OCH3 is 1. The summed E-state index contributed by atoms with van der Waals surface area (Å²) in [7, 11) is 1.08. The standard InChI is InChI=1S/C18H11Cl2N3O7/c1-29-18(25)16-14(21-13-6-11(19)12(20)7-15(13)22(16)26)8-30-17(24)9-2-4-10(5-3-9)23(27)28/h2-7H,8H2,1H3. The number of nitrogens with zero attached hydrogens (tertiary/aromatic N) is 3. The second-order valence-corrected chi connectivity index (χ2v) is 6.64. The van der Waals surface area contributed by atoms with Gasteiger partial charge in [-0.1, -0.05) is 23.2 Å². The first-order valence-electron chi connectivity index (χ1n) is 8.14. The van der Waals surface area contributed by atoms with Gasteiger partial charge < -0.3 is 14.7 Å². The Hall–Kier alpha value is -3.50. The number of non-ortho nitro benzene ring substituents is 1. The van der Waals surface area contributed by atoms with Crippen molar-refractivity contribution in [2.75, 3.05) is 7.11 Å². The minimum absolute atomic E-state index is 0.0322. The van der Waals surface area contributed by atoms with Crippen molar-refractivity contribution in [2.24, 2.45) is 0 Å². The maximum Gasteiger partial charge on any atom is 0.406 e. The number of aromatic nitrogens is 2. The van der Waals surface area contributed by atoms with E-state index < -0.39 is 29.2 Å². The summed E-state index contributed by atoms with van der Waals surface area (Å²) in [6.45, 7) is -0.543. The van der Waals surface area contributed by atoms with E-state index in [1.54, 1.807) is 0 Å². The van der Waals surface area contributed by atoms with Gasteiger partial charge in [0, 0.05) is 18.2 Å². The molecule has 0 atom stereocenters. The molecule has 3 rings (SSSR count). The van der Waals surface area contributed by atoms with Crippen LogP contribution in [0.15, 0.2) is 36.4 Å². The average Bonchev–Trinajstić information content (AvgIpc) is 2.73. The summed E-state index contributed by atoms with van der Waals surface area (Å²) in [5, 5.41) is 23.6. The highest BCUT2D eigenvalue weighted by Crippen LogP contribution is 2.26. The van der Waals surface area contributed by atoms with Crippen LogP contribution in [0.5, 0.6) is 0 Å². The first-order valence-corrected chi connectivity index (χ1v) is 8.89. The number of rotatable bonds is 5. The molecule has 3 aromatic rings. The summed E-state index contributed by atoms with van der Waals surface area (Å²) in [6.07, 6.45) is 0. The molecule has 30 heavy (non-hydrogen) atoms. The van der Waals surface area contributed by atoms with E-state index in [1.807, 2.05) is 0 Å². The third-order valence-electron chi connectivity index (χ3n) is 4.00. The van der Waals surface area contributed by atoms with Crippen LogP contribution in [0.3, 0.4) is 0 Å². The number of halogens is 2. The molecule has 0 amide bonds. The lowest BCUT2D eigenvalue weighted by molar-refractivity contribution is -0.581. The molecule has 0 radical (unpaired) electrons. The number of hydrogen-bond acceptors (Lipinski definition) is 8. The highest BCUT2D eigenvalue weighted by atomic mass is 35.5. The zero-order chi connectivity index (χ0) is 22.0. The molecule has 0 aliphatic carbocycles. The van der Waals surface area contributed by atoms with E-state index in [9.17, 15) is 24.9 Å². The van der Waals surface area contributed by atoms with Crippen molar-refractivity contribution in [3.63, 3.8) is 0 Å². The minimum atomic E-state index is -0.994. The molecule has 1 aromatic heterocycles. The summed E-state index contributed by atoms with van der Waals surface area (Å²) < 4.78 is 10.0. The summed E-state index contributed by atoms with van der Waals surface area (Å²) in [5.74, 6) is -1.83. The summed E-state index contributed by atoms with van der Waals surface area (Å²) in [4.78, 5) is 38.6. The predicted octanol–water partition coefficient (Wildman–Crippen LogP) is 3.23. The van der Waals surface area contributed by atoms with E-state index in [0.29, 0.717) is 0 Å². The number of ether oxygens (including phenoxy) is 2. The minimum Gasteiger partial charge on any atom is -0.618 e. The Morgan fingerprint density at radius 1 is 1.13 bits per heavy atom. The van der Waals surface area contributed by atoms with Crippen LogP contribution in [0.1, 0.15) is 26.5 Å². The van der Waals surface area contributed by atoms with Gasteiger partial charge in [0.25, 0.3) is 5.69 Å². The summed E-state index contributed by atoms with van der Waals surface area (Å²) in [5.41, 5.74) is -0.730. The predicted molar refractivity (Wildman–Crippen MR) is 104 cm³/mol.